The maximum Gasteiger partial charge on any atom is 0.265 e. The highest BCUT2D eigenvalue weighted by Crippen LogP contribution is 2.29. The van der Waals surface area contributed by atoms with Crippen LogP contribution in [0.3, 0.4) is 0 Å². The van der Waals surface area contributed by atoms with Crippen molar-refractivity contribution in [2.24, 2.45) is 0 Å². The van der Waals surface area contributed by atoms with E-state index >= 15 is 0 Å². The van der Waals surface area contributed by atoms with Crippen LogP contribution in [0.1, 0.15) is 38.7 Å². The molecule has 0 aliphatic rings. The lowest BCUT2D eigenvalue weighted by Crippen LogP contribution is -2.30. The molecule has 0 radical (unpaired) electrons. The maximum atomic E-state index is 12.3. The van der Waals surface area contributed by atoms with Crippen molar-refractivity contribution in [3.63, 3.8) is 0 Å². The minimum atomic E-state index is -0.556. The molecule has 122 valence electrons. The van der Waals surface area contributed by atoms with Gasteiger partial charge in [-0.1, -0.05) is 32.0 Å². The van der Waals surface area contributed by atoms with E-state index in [0.717, 1.165) is 27.0 Å². The fourth-order valence-corrected chi connectivity index (χ4v) is 2.60. The fourth-order valence-electron chi connectivity index (χ4n) is 2.24. The zero-order valence-corrected chi connectivity index (χ0v) is 15.8. The Morgan fingerprint density at radius 1 is 1.13 bits per heavy atom. The Morgan fingerprint density at radius 2 is 1.78 bits per heavy atom. The van der Waals surface area contributed by atoms with E-state index in [4.69, 9.17) is 4.74 Å². The fraction of sp³-hybridized carbons (Fsp3) is 0.316. The molecular weight excluding hydrogens is 401 g/mol. The number of anilines is 1. The van der Waals surface area contributed by atoms with Crippen LogP contribution in [0, 0.1) is 3.57 Å². The van der Waals surface area contributed by atoms with Gasteiger partial charge in [-0.3, -0.25) is 4.79 Å². The SMILES string of the molecule is CCC(C)c1ccccc1OC(C)C(=O)Nc1ccc(I)cc1. The van der Waals surface area contributed by atoms with Crippen molar-refractivity contribution < 1.29 is 9.53 Å². The predicted molar refractivity (Wildman–Crippen MR) is 103 cm³/mol. The van der Waals surface area contributed by atoms with Crippen LogP contribution in [-0.4, -0.2) is 12.0 Å². The van der Waals surface area contributed by atoms with Crippen molar-refractivity contribution in [2.45, 2.75) is 39.2 Å². The highest BCUT2D eigenvalue weighted by atomic mass is 127. The van der Waals surface area contributed by atoms with Gasteiger partial charge in [0.1, 0.15) is 5.75 Å². The Morgan fingerprint density at radius 3 is 2.43 bits per heavy atom. The van der Waals surface area contributed by atoms with Gasteiger partial charge in [0.05, 0.1) is 0 Å². The van der Waals surface area contributed by atoms with Crippen molar-refractivity contribution in [1.82, 2.24) is 0 Å². The van der Waals surface area contributed by atoms with Gasteiger partial charge in [0.25, 0.3) is 5.91 Å². The second-order valence-corrected chi connectivity index (χ2v) is 6.85. The van der Waals surface area contributed by atoms with Crippen molar-refractivity contribution in [3.05, 3.63) is 57.7 Å². The summed E-state index contributed by atoms with van der Waals surface area (Å²) in [6, 6.07) is 15.6. The first-order valence-electron chi connectivity index (χ1n) is 7.83. The largest absolute Gasteiger partial charge is 0.481 e. The number of carbonyl (C=O) groups is 1. The molecule has 0 fully saturated rings. The van der Waals surface area contributed by atoms with Crippen LogP contribution in [0.15, 0.2) is 48.5 Å². The molecule has 2 unspecified atom stereocenters. The summed E-state index contributed by atoms with van der Waals surface area (Å²) in [5.74, 6) is 1.04. The Balaban J connectivity index is 2.05. The summed E-state index contributed by atoms with van der Waals surface area (Å²) in [6.07, 6.45) is 0.475. The molecular formula is C19H22INO2. The standard InChI is InChI=1S/C19H22INO2/c1-4-13(2)17-7-5-6-8-18(17)23-14(3)19(22)21-16-11-9-15(20)10-12-16/h5-14H,4H2,1-3H3,(H,21,22). The molecule has 0 aliphatic carbocycles. The molecule has 0 saturated carbocycles. The molecule has 2 rings (SSSR count). The van der Waals surface area contributed by atoms with Gasteiger partial charge in [-0.25, -0.2) is 0 Å². The first kappa shape index (κ1) is 17.8. The molecule has 2 aromatic carbocycles. The Hall–Kier alpha value is -1.56. The lowest BCUT2D eigenvalue weighted by atomic mass is 9.98. The number of rotatable bonds is 6. The number of benzene rings is 2. The van der Waals surface area contributed by atoms with E-state index in [0.29, 0.717) is 5.92 Å². The van der Waals surface area contributed by atoms with Crippen molar-refractivity contribution in [1.29, 1.82) is 0 Å². The summed E-state index contributed by atoms with van der Waals surface area (Å²) in [7, 11) is 0. The summed E-state index contributed by atoms with van der Waals surface area (Å²) in [6.45, 7) is 6.09. The van der Waals surface area contributed by atoms with Crippen molar-refractivity contribution in [3.8, 4) is 5.75 Å². The third-order valence-corrected chi connectivity index (χ3v) is 4.57. The summed E-state index contributed by atoms with van der Waals surface area (Å²) in [5, 5.41) is 2.88. The van der Waals surface area contributed by atoms with Crippen LogP contribution >= 0.6 is 22.6 Å². The maximum absolute atomic E-state index is 12.3. The summed E-state index contributed by atoms with van der Waals surface area (Å²) < 4.78 is 7.04. The lowest BCUT2D eigenvalue weighted by Gasteiger charge is -2.19. The molecule has 0 aromatic heterocycles. The predicted octanol–water partition coefficient (Wildman–Crippen LogP) is 5.21. The number of hydrogen-bond donors (Lipinski definition) is 1. The number of carbonyl (C=O) groups excluding carboxylic acids is 1. The first-order valence-corrected chi connectivity index (χ1v) is 8.91. The van der Waals surface area contributed by atoms with Gasteiger partial charge in [0, 0.05) is 9.26 Å². The molecule has 3 nitrogen and oxygen atoms in total. The molecule has 4 heteroatoms. The lowest BCUT2D eigenvalue weighted by molar-refractivity contribution is -0.122. The molecule has 2 atom stereocenters. The van der Waals surface area contributed by atoms with Crippen LogP contribution in [0.25, 0.3) is 0 Å². The van der Waals surface area contributed by atoms with E-state index in [9.17, 15) is 4.79 Å². The molecule has 0 bridgehead atoms. The molecule has 1 amide bonds. The molecule has 0 spiro atoms. The minimum absolute atomic E-state index is 0.148. The van der Waals surface area contributed by atoms with Crippen LogP contribution < -0.4 is 10.1 Å². The quantitative estimate of drug-likeness (QED) is 0.648. The Labute approximate surface area is 151 Å². The third-order valence-electron chi connectivity index (χ3n) is 3.85. The molecule has 0 heterocycles. The van der Waals surface area contributed by atoms with Gasteiger partial charge < -0.3 is 10.1 Å². The van der Waals surface area contributed by atoms with Gasteiger partial charge in [0.15, 0.2) is 6.10 Å². The van der Waals surface area contributed by atoms with E-state index < -0.39 is 6.10 Å². The molecule has 0 saturated heterocycles. The Bertz CT molecular complexity index is 655. The normalized spacial score (nSPS) is 13.2. The van der Waals surface area contributed by atoms with Gasteiger partial charge in [-0.2, -0.15) is 0 Å². The highest BCUT2D eigenvalue weighted by molar-refractivity contribution is 14.1. The minimum Gasteiger partial charge on any atom is -0.481 e. The molecule has 1 N–H and O–H groups in total. The summed E-state index contributed by atoms with van der Waals surface area (Å²) >= 11 is 2.23. The second-order valence-electron chi connectivity index (χ2n) is 5.60. The number of ether oxygens (including phenoxy) is 1. The zero-order chi connectivity index (χ0) is 16.8. The smallest absolute Gasteiger partial charge is 0.265 e. The number of amides is 1. The van der Waals surface area contributed by atoms with Crippen molar-refractivity contribution >= 4 is 34.2 Å². The average molecular weight is 423 g/mol. The van der Waals surface area contributed by atoms with E-state index in [-0.39, 0.29) is 5.91 Å². The number of hydrogen-bond acceptors (Lipinski definition) is 2. The van der Waals surface area contributed by atoms with E-state index in [1.807, 2.05) is 42.5 Å². The van der Waals surface area contributed by atoms with Crippen LogP contribution in [0.2, 0.25) is 0 Å². The van der Waals surface area contributed by atoms with Gasteiger partial charge in [0.2, 0.25) is 0 Å². The summed E-state index contributed by atoms with van der Waals surface area (Å²) in [5.41, 5.74) is 1.92. The molecule has 0 aliphatic heterocycles. The summed E-state index contributed by atoms with van der Waals surface area (Å²) in [4.78, 5) is 12.3. The monoisotopic (exact) mass is 423 g/mol. The van der Waals surface area contributed by atoms with Gasteiger partial charge in [-0.15, -0.1) is 0 Å². The average Bonchev–Trinajstić information content (AvgIpc) is 2.56. The number of nitrogens with one attached hydrogen (secondary N) is 1. The Kier molecular flexibility index (Phi) is 6.45. The number of para-hydroxylation sites is 1. The van der Waals surface area contributed by atoms with Crippen LogP contribution in [-0.2, 0) is 4.79 Å². The molecule has 2 aromatic rings. The van der Waals surface area contributed by atoms with Crippen LogP contribution in [0.4, 0.5) is 5.69 Å². The van der Waals surface area contributed by atoms with Crippen LogP contribution in [0.5, 0.6) is 5.75 Å². The molecule has 23 heavy (non-hydrogen) atoms. The van der Waals surface area contributed by atoms with E-state index in [1.54, 1.807) is 6.92 Å². The topological polar surface area (TPSA) is 38.3 Å². The first-order chi connectivity index (χ1) is 11.0. The second kappa shape index (κ2) is 8.34. The number of halogens is 1. The van der Waals surface area contributed by atoms with Crippen molar-refractivity contribution in [2.75, 3.05) is 5.32 Å². The van der Waals surface area contributed by atoms with E-state index in [2.05, 4.69) is 47.8 Å². The van der Waals surface area contributed by atoms with Gasteiger partial charge >= 0.3 is 0 Å². The van der Waals surface area contributed by atoms with E-state index in [1.165, 1.54) is 0 Å². The zero-order valence-electron chi connectivity index (χ0n) is 13.7. The van der Waals surface area contributed by atoms with Gasteiger partial charge in [-0.05, 0) is 77.7 Å². The third kappa shape index (κ3) is 4.96. The highest BCUT2D eigenvalue weighted by Gasteiger charge is 2.18.